The summed E-state index contributed by atoms with van der Waals surface area (Å²) in [4.78, 5) is 56.1. The number of hydrogen-bond donors (Lipinski definition) is 2. The van der Waals surface area contributed by atoms with Gasteiger partial charge in [-0.3, -0.25) is 23.7 Å². The zero-order chi connectivity index (χ0) is 29.3. The molecule has 1 saturated heterocycles. The Morgan fingerprint density at radius 3 is 2.17 bits per heavy atom. The highest BCUT2D eigenvalue weighted by molar-refractivity contribution is 6.30. The van der Waals surface area contributed by atoms with Crippen LogP contribution >= 0.6 is 11.6 Å². The number of hydrogen-bond acceptors (Lipinski definition) is 5. The lowest BCUT2D eigenvalue weighted by Crippen LogP contribution is -2.45. The van der Waals surface area contributed by atoms with Gasteiger partial charge in [-0.2, -0.15) is 0 Å². The molecule has 2 heterocycles. The number of nitrogens with zero attached hydrogens (tertiary/aromatic N) is 3. The Kier molecular flexibility index (Phi) is 8.23. The van der Waals surface area contributed by atoms with Gasteiger partial charge in [-0.1, -0.05) is 17.7 Å². The van der Waals surface area contributed by atoms with Gasteiger partial charge < -0.3 is 20.4 Å². The molecular formula is C30H31ClFN5O4. The molecule has 3 atom stereocenters. The molecule has 2 aromatic carbocycles. The molecule has 0 spiro atoms. The molecule has 0 bridgehead atoms. The van der Waals surface area contributed by atoms with Crippen LogP contribution in [0.15, 0.2) is 71.7 Å². The fraction of sp³-hybridized carbons (Fsp3) is 0.333. The van der Waals surface area contributed by atoms with Crippen molar-refractivity contribution in [2.24, 2.45) is 17.8 Å². The number of benzene rings is 2. The van der Waals surface area contributed by atoms with E-state index in [-0.39, 0.29) is 17.2 Å². The van der Waals surface area contributed by atoms with Crippen LogP contribution in [0.25, 0.3) is 5.69 Å². The smallest absolute Gasteiger partial charge is 0.255 e. The number of rotatable bonds is 7. The topological polar surface area (TPSA) is 104 Å². The summed E-state index contributed by atoms with van der Waals surface area (Å²) in [5, 5.41) is 5.83. The molecule has 2 N–H and O–H groups in total. The van der Waals surface area contributed by atoms with Crippen molar-refractivity contribution in [3.8, 4) is 5.69 Å². The summed E-state index contributed by atoms with van der Waals surface area (Å²) in [5.41, 5.74) is 0.352. The molecule has 41 heavy (non-hydrogen) atoms. The van der Waals surface area contributed by atoms with E-state index >= 15 is 4.39 Å². The number of aromatic nitrogens is 1. The van der Waals surface area contributed by atoms with Gasteiger partial charge in [-0.05, 0) is 69.4 Å². The molecule has 0 radical (unpaired) electrons. The highest BCUT2D eigenvalue weighted by Crippen LogP contribution is 2.49. The molecule has 3 amide bonds. The SMILES string of the molecule is CN(C)C1CCN(C(=O)C2C(C(=O)Nc3ccc(Cl)cc3)C2C(=O)Nc2ccc(-n3ccccc3=O)cc2F)CC1. The second kappa shape index (κ2) is 11.8. The largest absolute Gasteiger partial charge is 0.342 e. The molecule has 214 valence electrons. The van der Waals surface area contributed by atoms with E-state index in [2.05, 4.69) is 15.5 Å². The van der Waals surface area contributed by atoms with Crippen molar-refractivity contribution in [2.75, 3.05) is 37.8 Å². The first-order chi connectivity index (χ1) is 19.6. The molecule has 2 fully saturated rings. The number of carbonyl (C=O) groups is 3. The number of nitrogens with one attached hydrogen (secondary N) is 2. The summed E-state index contributed by atoms with van der Waals surface area (Å²) in [6.45, 7) is 1.07. The van der Waals surface area contributed by atoms with Crippen LogP contribution in [0, 0.1) is 23.6 Å². The Balaban J connectivity index is 1.33. The van der Waals surface area contributed by atoms with Gasteiger partial charge in [0.1, 0.15) is 5.82 Å². The summed E-state index contributed by atoms with van der Waals surface area (Å²) >= 11 is 5.94. The van der Waals surface area contributed by atoms with E-state index in [1.165, 1.54) is 29.0 Å². The van der Waals surface area contributed by atoms with Crippen LogP contribution in [-0.4, -0.2) is 65.3 Å². The van der Waals surface area contributed by atoms with Crippen LogP contribution in [0.1, 0.15) is 12.8 Å². The molecule has 9 nitrogen and oxygen atoms in total. The minimum Gasteiger partial charge on any atom is -0.342 e. The summed E-state index contributed by atoms with van der Waals surface area (Å²) in [7, 11) is 4.01. The molecule has 1 aliphatic carbocycles. The molecular weight excluding hydrogens is 549 g/mol. The van der Waals surface area contributed by atoms with Crippen molar-refractivity contribution in [3.05, 3.63) is 88.1 Å². The molecule has 1 saturated carbocycles. The number of likely N-dealkylation sites (tertiary alicyclic amines) is 1. The van der Waals surface area contributed by atoms with Crippen molar-refractivity contribution in [3.63, 3.8) is 0 Å². The number of halogens is 2. The fourth-order valence-corrected chi connectivity index (χ4v) is 5.58. The van der Waals surface area contributed by atoms with E-state index in [1.54, 1.807) is 41.3 Å². The quantitative estimate of drug-likeness (QED) is 0.445. The van der Waals surface area contributed by atoms with Crippen LogP contribution < -0.4 is 16.2 Å². The van der Waals surface area contributed by atoms with Crippen LogP contribution in [0.2, 0.25) is 5.02 Å². The normalized spacial score (nSPS) is 20.5. The zero-order valence-corrected chi connectivity index (χ0v) is 23.5. The van der Waals surface area contributed by atoms with Crippen LogP contribution in [0.5, 0.6) is 0 Å². The highest BCUT2D eigenvalue weighted by Gasteiger charge is 2.63. The van der Waals surface area contributed by atoms with Gasteiger partial charge in [0.05, 0.1) is 29.1 Å². The maximum Gasteiger partial charge on any atom is 0.255 e. The zero-order valence-electron chi connectivity index (χ0n) is 22.7. The summed E-state index contributed by atoms with van der Waals surface area (Å²) in [5.74, 6) is -4.81. The third-order valence-electron chi connectivity index (χ3n) is 7.84. The van der Waals surface area contributed by atoms with Gasteiger partial charge >= 0.3 is 0 Å². The van der Waals surface area contributed by atoms with Gasteiger partial charge in [0.25, 0.3) is 5.56 Å². The predicted molar refractivity (Wildman–Crippen MR) is 154 cm³/mol. The first-order valence-corrected chi connectivity index (χ1v) is 13.8. The van der Waals surface area contributed by atoms with E-state index in [0.717, 1.165) is 18.9 Å². The summed E-state index contributed by atoms with van der Waals surface area (Å²) in [6.07, 6.45) is 3.11. The second-order valence-corrected chi connectivity index (χ2v) is 11.1. The van der Waals surface area contributed by atoms with Crippen molar-refractivity contribution in [1.29, 1.82) is 0 Å². The van der Waals surface area contributed by atoms with Crippen molar-refractivity contribution < 1.29 is 18.8 Å². The number of carbonyl (C=O) groups excluding carboxylic acids is 3. The van der Waals surface area contributed by atoms with E-state index in [9.17, 15) is 19.2 Å². The minimum absolute atomic E-state index is 0.107. The van der Waals surface area contributed by atoms with Gasteiger partial charge in [-0.25, -0.2) is 4.39 Å². The summed E-state index contributed by atoms with van der Waals surface area (Å²) in [6, 6.07) is 15.5. The molecule has 1 aromatic heterocycles. The van der Waals surface area contributed by atoms with E-state index in [0.29, 0.717) is 35.5 Å². The first-order valence-electron chi connectivity index (χ1n) is 13.4. The van der Waals surface area contributed by atoms with Crippen LogP contribution in [-0.2, 0) is 14.4 Å². The Hall–Kier alpha value is -4.02. The lowest BCUT2D eigenvalue weighted by Gasteiger charge is -2.35. The van der Waals surface area contributed by atoms with E-state index < -0.39 is 35.4 Å². The fourth-order valence-electron chi connectivity index (χ4n) is 5.45. The minimum atomic E-state index is -0.961. The highest BCUT2D eigenvalue weighted by atomic mass is 35.5. The Morgan fingerprint density at radius 2 is 1.56 bits per heavy atom. The molecule has 2 aliphatic rings. The number of amides is 3. The van der Waals surface area contributed by atoms with E-state index in [4.69, 9.17) is 11.6 Å². The Labute approximate surface area is 241 Å². The molecule has 1 aliphatic heterocycles. The Morgan fingerprint density at radius 1 is 0.902 bits per heavy atom. The standard InChI is InChI=1S/C30H31ClFN5O4/c1-35(2)20-12-15-36(16-13-20)30(41)27-25(28(39)33-19-8-6-18(31)7-9-19)26(27)29(40)34-23-11-10-21(17-22(23)32)37-14-4-3-5-24(37)38/h3-11,14,17,20,25-27H,12-13,15-16H2,1-2H3,(H,33,39)(H,34,40). The third-order valence-corrected chi connectivity index (χ3v) is 8.09. The van der Waals surface area contributed by atoms with Gasteiger partial charge in [0.15, 0.2) is 0 Å². The van der Waals surface area contributed by atoms with Gasteiger partial charge in [0, 0.05) is 48.2 Å². The van der Waals surface area contributed by atoms with Crippen molar-refractivity contribution in [1.82, 2.24) is 14.4 Å². The van der Waals surface area contributed by atoms with Crippen molar-refractivity contribution >= 4 is 40.7 Å². The maximum absolute atomic E-state index is 15.0. The first kappa shape index (κ1) is 28.5. The van der Waals surface area contributed by atoms with Crippen molar-refractivity contribution in [2.45, 2.75) is 18.9 Å². The second-order valence-electron chi connectivity index (χ2n) is 10.7. The summed E-state index contributed by atoms with van der Waals surface area (Å²) < 4.78 is 16.3. The average Bonchev–Trinajstić information content (AvgIpc) is 3.71. The average molecular weight is 580 g/mol. The van der Waals surface area contributed by atoms with E-state index in [1.807, 2.05) is 14.1 Å². The van der Waals surface area contributed by atoms with Gasteiger partial charge in [0.2, 0.25) is 17.7 Å². The molecule has 11 heteroatoms. The van der Waals surface area contributed by atoms with Crippen LogP contribution in [0.4, 0.5) is 15.8 Å². The number of pyridine rings is 1. The monoisotopic (exact) mass is 579 g/mol. The third kappa shape index (κ3) is 6.18. The van der Waals surface area contributed by atoms with Crippen LogP contribution in [0.3, 0.4) is 0 Å². The lowest BCUT2D eigenvalue weighted by molar-refractivity contribution is -0.136. The predicted octanol–water partition coefficient (Wildman–Crippen LogP) is 3.62. The lowest BCUT2D eigenvalue weighted by atomic mass is 10.0. The Bertz CT molecular complexity index is 1520. The number of anilines is 2. The molecule has 3 aromatic rings. The molecule has 5 rings (SSSR count). The van der Waals surface area contributed by atoms with Gasteiger partial charge in [-0.15, -0.1) is 0 Å². The number of piperidine rings is 1. The maximum atomic E-state index is 15.0. The molecule has 3 unspecified atom stereocenters.